The van der Waals surface area contributed by atoms with Gasteiger partial charge in [-0.1, -0.05) is 0 Å². The summed E-state index contributed by atoms with van der Waals surface area (Å²) in [6.07, 6.45) is -0.777. The van der Waals surface area contributed by atoms with Gasteiger partial charge in [-0.3, -0.25) is 14.3 Å². The van der Waals surface area contributed by atoms with E-state index in [1.54, 1.807) is 4.98 Å². The fourth-order valence-corrected chi connectivity index (χ4v) is 2.09. The minimum atomic E-state index is -1.46. The second-order valence-electron chi connectivity index (χ2n) is 4.45. The average Bonchev–Trinajstić information content (AvgIpc) is 2.91. The summed E-state index contributed by atoms with van der Waals surface area (Å²) in [6, 6.07) is 0. The van der Waals surface area contributed by atoms with Gasteiger partial charge in [-0.05, 0) is 0 Å². The van der Waals surface area contributed by atoms with Crippen LogP contribution in [0.15, 0.2) is 15.8 Å². The molecule has 1 aromatic rings. The van der Waals surface area contributed by atoms with Gasteiger partial charge in [0.2, 0.25) is 5.82 Å². The third-order valence-electron chi connectivity index (χ3n) is 3.48. The van der Waals surface area contributed by atoms with E-state index in [0.717, 1.165) is 4.57 Å². The molecule has 0 spiro atoms. The van der Waals surface area contributed by atoms with E-state index < -0.39 is 47.8 Å². The maximum Gasteiger partial charge on any atom is 0.328 e. The summed E-state index contributed by atoms with van der Waals surface area (Å²) in [5.74, 6) is -1.93. The van der Waals surface area contributed by atoms with Crippen LogP contribution in [0.4, 0.5) is 8.78 Å². The number of rotatable bonds is 4. The minimum Gasteiger partial charge on any atom is -0.396 e. The number of aliphatic hydroxyl groups excluding tert-OH is 2. The Labute approximate surface area is 99.5 Å². The molecule has 1 aromatic heterocycles. The van der Waals surface area contributed by atoms with Crippen LogP contribution in [0.1, 0.15) is 0 Å². The molecule has 2 atom stereocenters. The highest BCUT2D eigenvalue weighted by atomic mass is 19.1. The zero-order valence-corrected chi connectivity index (χ0v) is 9.27. The molecule has 0 aromatic carbocycles. The van der Waals surface area contributed by atoms with Crippen LogP contribution < -0.4 is 11.2 Å². The summed E-state index contributed by atoms with van der Waals surface area (Å²) in [4.78, 5) is 23.9. The van der Waals surface area contributed by atoms with Crippen LogP contribution in [0.25, 0.3) is 0 Å². The number of nitrogens with zero attached hydrogens (tertiary/aromatic N) is 1. The van der Waals surface area contributed by atoms with Crippen LogP contribution in [0.2, 0.25) is 0 Å². The van der Waals surface area contributed by atoms with Crippen molar-refractivity contribution in [2.75, 3.05) is 13.2 Å². The first-order chi connectivity index (χ1) is 8.46. The van der Waals surface area contributed by atoms with Gasteiger partial charge < -0.3 is 10.2 Å². The molecule has 0 saturated heterocycles. The van der Waals surface area contributed by atoms with Gasteiger partial charge in [0.25, 0.3) is 5.56 Å². The van der Waals surface area contributed by atoms with E-state index >= 15 is 0 Å². The second-order valence-corrected chi connectivity index (χ2v) is 4.45. The van der Waals surface area contributed by atoms with E-state index in [4.69, 9.17) is 10.2 Å². The predicted molar refractivity (Wildman–Crippen MR) is 56.3 cm³/mol. The zero-order valence-electron chi connectivity index (χ0n) is 9.27. The number of hydrogen-bond donors (Lipinski definition) is 3. The molecular formula is C10H12F2N2O4. The third kappa shape index (κ3) is 1.77. The Morgan fingerprint density at radius 1 is 1.39 bits per heavy atom. The van der Waals surface area contributed by atoms with Crippen LogP contribution >= 0.6 is 0 Å². The number of aromatic amines is 1. The number of halogens is 2. The average molecular weight is 262 g/mol. The van der Waals surface area contributed by atoms with E-state index in [0.29, 0.717) is 6.20 Å². The molecule has 3 N–H and O–H groups in total. The lowest BCUT2D eigenvalue weighted by atomic mass is 10.1. The largest absolute Gasteiger partial charge is 0.396 e. The highest BCUT2D eigenvalue weighted by Crippen LogP contribution is 2.55. The molecular weight excluding hydrogens is 250 g/mol. The van der Waals surface area contributed by atoms with Crippen molar-refractivity contribution in [2.45, 2.75) is 12.7 Å². The summed E-state index contributed by atoms with van der Waals surface area (Å²) < 4.78 is 27.3. The Kier molecular flexibility index (Phi) is 3.07. The van der Waals surface area contributed by atoms with Gasteiger partial charge in [0, 0.05) is 12.5 Å². The monoisotopic (exact) mass is 262 g/mol. The summed E-state index contributed by atoms with van der Waals surface area (Å²) in [5, 5.41) is 18.0. The number of aromatic nitrogens is 2. The molecule has 1 fully saturated rings. The lowest BCUT2D eigenvalue weighted by molar-refractivity contribution is 0.105. The number of alkyl halides is 1. The Morgan fingerprint density at radius 2 is 2.00 bits per heavy atom. The van der Waals surface area contributed by atoms with Crippen molar-refractivity contribution >= 4 is 0 Å². The first-order valence-electron chi connectivity index (χ1n) is 5.31. The fraction of sp³-hybridized carbons (Fsp3) is 0.600. The first-order valence-corrected chi connectivity index (χ1v) is 5.31. The number of aliphatic hydroxyl groups is 2. The molecule has 0 unspecified atom stereocenters. The molecule has 0 aliphatic heterocycles. The fourth-order valence-electron chi connectivity index (χ4n) is 2.09. The molecule has 6 nitrogen and oxygen atoms in total. The van der Waals surface area contributed by atoms with Crippen LogP contribution in [0.5, 0.6) is 0 Å². The number of nitrogens with one attached hydrogen (secondary N) is 1. The van der Waals surface area contributed by atoms with Gasteiger partial charge in [-0.15, -0.1) is 0 Å². The van der Waals surface area contributed by atoms with Gasteiger partial charge in [0.15, 0.2) is 0 Å². The van der Waals surface area contributed by atoms with Gasteiger partial charge in [-0.2, -0.15) is 4.39 Å². The van der Waals surface area contributed by atoms with Gasteiger partial charge >= 0.3 is 5.69 Å². The van der Waals surface area contributed by atoms with Crippen molar-refractivity contribution in [3.8, 4) is 0 Å². The van der Waals surface area contributed by atoms with Crippen molar-refractivity contribution in [2.24, 2.45) is 11.3 Å². The highest BCUT2D eigenvalue weighted by Gasteiger charge is 2.65. The van der Waals surface area contributed by atoms with Gasteiger partial charge in [-0.25, -0.2) is 9.18 Å². The van der Waals surface area contributed by atoms with E-state index in [9.17, 15) is 18.4 Å². The summed E-state index contributed by atoms with van der Waals surface area (Å²) in [7, 11) is 0. The van der Waals surface area contributed by atoms with Crippen LogP contribution in [-0.2, 0) is 6.54 Å². The molecule has 100 valence electrons. The minimum absolute atomic E-state index is 0.213. The van der Waals surface area contributed by atoms with Gasteiger partial charge in [0.05, 0.1) is 24.8 Å². The molecule has 8 heteroatoms. The molecule has 1 heterocycles. The van der Waals surface area contributed by atoms with Crippen LogP contribution in [0.3, 0.4) is 0 Å². The molecule has 0 amide bonds. The van der Waals surface area contributed by atoms with Crippen molar-refractivity contribution in [3.63, 3.8) is 0 Å². The Bertz CT molecular complexity index is 564. The number of hydrogen-bond acceptors (Lipinski definition) is 4. The third-order valence-corrected chi connectivity index (χ3v) is 3.48. The zero-order chi connectivity index (χ0) is 13.5. The Morgan fingerprint density at radius 3 is 2.50 bits per heavy atom. The number of H-pyrrole nitrogens is 1. The van der Waals surface area contributed by atoms with Gasteiger partial charge in [0.1, 0.15) is 6.17 Å². The van der Waals surface area contributed by atoms with Crippen LogP contribution in [-0.4, -0.2) is 39.1 Å². The summed E-state index contributed by atoms with van der Waals surface area (Å²) >= 11 is 0. The first kappa shape index (κ1) is 12.9. The lowest BCUT2D eigenvalue weighted by Crippen LogP contribution is -2.32. The molecule has 1 aliphatic rings. The normalized spacial score (nSPS) is 25.1. The lowest BCUT2D eigenvalue weighted by Gasteiger charge is -2.09. The molecule has 18 heavy (non-hydrogen) atoms. The maximum atomic E-state index is 13.5. The molecule has 0 bridgehead atoms. The Balaban J connectivity index is 2.25. The van der Waals surface area contributed by atoms with E-state index in [2.05, 4.69) is 0 Å². The van der Waals surface area contributed by atoms with Crippen molar-refractivity contribution < 1.29 is 19.0 Å². The van der Waals surface area contributed by atoms with E-state index in [-0.39, 0.29) is 6.54 Å². The summed E-state index contributed by atoms with van der Waals surface area (Å²) in [5.41, 5.74) is -3.28. The smallest absolute Gasteiger partial charge is 0.328 e. The van der Waals surface area contributed by atoms with E-state index in [1.807, 2.05) is 0 Å². The SMILES string of the molecule is O=c1[nH]c(=O)n(C[C@@H]2[C@@H](F)C2(CO)CO)cc1F. The molecule has 1 saturated carbocycles. The molecule has 0 radical (unpaired) electrons. The predicted octanol–water partition coefficient (Wildman–Crippen LogP) is -1.39. The van der Waals surface area contributed by atoms with E-state index in [1.165, 1.54) is 0 Å². The Hall–Kier alpha value is -1.54. The summed E-state index contributed by atoms with van der Waals surface area (Å²) in [6.45, 7) is -1.33. The van der Waals surface area contributed by atoms with Crippen molar-refractivity contribution in [1.29, 1.82) is 0 Å². The standard InChI is InChI=1S/C10H12F2N2O4/c11-6-2-14(9(18)13-8(6)17)1-5-7(12)10(5,3-15)4-16/h2,5,7,15-16H,1,3-4H2,(H,13,17,18)/t5-,7-/m1/s1. The quantitative estimate of drug-likeness (QED) is 0.623. The van der Waals surface area contributed by atoms with Crippen LogP contribution in [0, 0.1) is 17.2 Å². The van der Waals surface area contributed by atoms with Crippen molar-refractivity contribution in [1.82, 2.24) is 9.55 Å². The highest BCUT2D eigenvalue weighted by molar-refractivity contribution is 5.11. The second kappa shape index (κ2) is 4.29. The van der Waals surface area contributed by atoms with Crippen molar-refractivity contribution in [3.05, 3.63) is 32.9 Å². The topological polar surface area (TPSA) is 95.3 Å². The molecule has 1 aliphatic carbocycles. The maximum absolute atomic E-state index is 13.5. The molecule has 2 rings (SSSR count).